The summed E-state index contributed by atoms with van der Waals surface area (Å²) in [5.74, 6) is 0. The standard InChI is InChI=1S/C30H22N2.C24H16ClN.C18H12BrN.C18H19Br.C6H6BClO2.C6H7N/c1-3-9-24(10-4-1)31-25-18-15-22(16-19-25)23-17-20-28-27-13-7-8-14-29(27)32(30(28)21-23)26-11-5-2-6-12-26;25-19-13-10-17(11-14-19)18-12-15-22-21-8-4-5-9-23(21)26(24(22)16-18)20-6-2-1-3-7-20;19-13-10-11-16-15-8-4-5-9-17(15)20(18(16)12-13)14-6-2-1-3-7-14;19-17-11-9-16(10-12-17)18(13-5-2-6-14-18)15-7-3-1-4-8-15;8-6-3-1-5(2-4-6)7(9)10;7-6-4-2-1-3-5-6/h1-21,31H;1-16H;1-12H;1,3-4,7-12H,2,5-6,13-14H2;1-4,9-10H;1-5H,7H2. The van der Waals surface area contributed by atoms with Gasteiger partial charge in [0.1, 0.15) is 0 Å². The second-order valence-electron chi connectivity index (χ2n) is 28.1. The summed E-state index contributed by atoms with van der Waals surface area (Å²) >= 11 is 18.7. The zero-order chi connectivity index (χ0) is 78.2. The number of benzene rings is 16. The van der Waals surface area contributed by atoms with E-state index in [9.17, 15) is 0 Å². The van der Waals surface area contributed by atoms with Gasteiger partial charge in [-0.15, -0.1) is 0 Å². The first-order chi connectivity index (χ1) is 55.9. The Kier molecular flexibility index (Phi) is 24.9. The van der Waals surface area contributed by atoms with Crippen molar-refractivity contribution >= 4 is 150 Å². The molecule has 16 aromatic carbocycles. The number of rotatable bonds is 10. The summed E-state index contributed by atoms with van der Waals surface area (Å²) in [7, 11) is -1.41. The number of halogens is 4. The third-order valence-corrected chi connectivity index (χ3v) is 22.4. The Morgan fingerprint density at radius 1 is 0.298 bits per heavy atom. The van der Waals surface area contributed by atoms with E-state index < -0.39 is 7.12 Å². The van der Waals surface area contributed by atoms with Crippen LogP contribution >= 0.6 is 55.1 Å². The third kappa shape index (κ3) is 17.9. The number of fused-ring (bicyclic) bond motifs is 9. The molecule has 114 heavy (non-hydrogen) atoms. The number of nitrogens with zero attached hydrogens (tertiary/aromatic N) is 3. The molecule has 0 spiro atoms. The van der Waals surface area contributed by atoms with Gasteiger partial charge in [-0.05, 0) is 203 Å². The second-order valence-corrected chi connectivity index (χ2v) is 30.8. The van der Waals surface area contributed by atoms with E-state index >= 15 is 0 Å². The minimum atomic E-state index is -1.41. The molecule has 20 rings (SSSR count). The van der Waals surface area contributed by atoms with Crippen molar-refractivity contribution in [3.63, 3.8) is 0 Å². The Morgan fingerprint density at radius 2 is 0.623 bits per heavy atom. The fourth-order valence-corrected chi connectivity index (χ4v) is 16.3. The van der Waals surface area contributed by atoms with E-state index in [-0.39, 0.29) is 5.41 Å². The van der Waals surface area contributed by atoms with E-state index in [1.807, 2.05) is 66.7 Å². The molecule has 0 saturated heterocycles. The molecule has 3 aromatic heterocycles. The lowest BCUT2D eigenvalue weighted by molar-refractivity contribution is 0.346. The van der Waals surface area contributed by atoms with E-state index in [0.29, 0.717) is 10.5 Å². The average Bonchev–Trinajstić information content (AvgIpc) is 1.56. The SMILES string of the molecule is Brc1ccc(C2(c3ccccc3)CCCCC2)cc1.Brc1ccc2c3ccccc3n(-c3ccccc3)c2c1.Clc1ccc(-c2ccc3c4ccccc4n(-c4ccccc4)c3c2)cc1.Nc1ccccc1.OB(O)c1ccc(Cl)cc1.c1ccc(Nc2ccc(-c3ccc4c5ccccc5n(-c5ccccc5)c4c3)cc2)cc1. The molecular formula is C102H82BBr2Cl2N5O2. The van der Waals surface area contributed by atoms with Crippen LogP contribution in [0.15, 0.2) is 415 Å². The van der Waals surface area contributed by atoms with Crippen LogP contribution < -0.4 is 16.5 Å². The van der Waals surface area contributed by atoms with Crippen LogP contribution in [0, 0.1) is 0 Å². The zero-order valence-corrected chi connectivity index (χ0v) is 67.3. The molecule has 0 atom stereocenters. The first-order valence-electron chi connectivity index (χ1n) is 38.3. The summed E-state index contributed by atoms with van der Waals surface area (Å²) in [6.45, 7) is 0. The summed E-state index contributed by atoms with van der Waals surface area (Å²) in [4.78, 5) is 0. The van der Waals surface area contributed by atoms with Crippen molar-refractivity contribution < 1.29 is 10.0 Å². The highest BCUT2D eigenvalue weighted by atomic mass is 79.9. The number of nitrogen functional groups attached to an aromatic ring is 1. The van der Waals surface area contributed by atoms with Crippen LogP contribution in [0.25, 0.3) is 105 Å². The number of hydrogen-bond acceptors (Lipinski definition) is 4. The predicted octanol–water partition coefficient (Wildman–Crippen LogP) is 27.8. The molecule has 12 heteroatoms. The highest BCUT2D eigenvalue weighted by molar-refractivity contribution is 9.10. The van der Waals surface area contributed by atoms with E-state index in [2.05, 4.69) is 366 Å². The molecule has 0 bridgehead atoms. The summed E-state index contributed by atoms with van der Waals surface area (Å²) < 4.78 is 9.28. The molecule has 0 radical (unpaired) electrons. The van der Waals surface area contributed by atoms with Gasteiger partial charge in [0.2, 0.25) is 0 Å². The van der Waals surface area contributed by atoms with Crippen LogP contribution in [0.3, 0.4) is 0 Å². The van der Waals surface area contributed by atoms with Gasteiger partial charge in [0.15, 0.2) is 0 Å². The number of nitrogens with two attached hydrogens (primary N) is 1. The number of aromatic nitrogens is 3. The van der Waals surface area contributed by atoms with Gasteiger partial charge in [-0.2, -0.15) is 0 Å². The van der Waals surface area contributed by atoms with Crippen LogP contribution in [0.2, 0.25) is 10.0 Å². The van der Waals surface area contributed by atoms with Crippen LogP contribution in [0.1, 0.15) is 43.2 Å². The molecule has 19 aromatic rings. The van der Waals surface area contributed by atoms with Gasteiger partial charge in [-0.3, -0.25) is 0 Å². The Morgan fingerprint density at radius 3 is 1.04 bits per heavy atom. The van der Waals surface area contributed by atoms with Crippen molar-refractivity contribution in [1.29, 1.82) is 0 Å². The van der Waals surface area contributed by atoms with Crippen molar-refractivity contribution in [3.05, 3.63) is 437 Å². The molecule has 1 aliphatic carbocycles. The zero-order valence-electron chi connectivity index (χ0n) is 62.6. The molecule has 3 heterocycles. The Balaban J connectivity index is 0.000000114. The Labute approximate surface area is 692 Å². The van der Waals surface area contributed by atoms with Gasteiger partial charge < -0.3 is 34.8 Å². The molecule has 0 unspecified atom stereocenters. The van der Waals surface area contributed by atoms with Crippen LogP contribution in [-0.4, -0.2) is 30.9 Å². The van der Waals surface area contributed by atoms with E-state index in [0.717, 1.165) is 31.0 Å². The number of nitrogens with one attached hydrogen (secondary N) is 1. The van der Waals surface area contributed by atoms with Crippen molar-refractivity contribution in [3.8, 4) is 39.3 Å². The maximum Gasteiger partial charge on any atom is 0.488 e. The first-order valence-corrected chi connectivity index (χ1v) is 40.6. The van der Waals surface area contributed by atoms with Crippen molar-refractivity contribution in [2.45, 2.75) is 37.5 Å². The molecule has 5 N–H and O–H groups in total. The lowest BCUT2D eigenvalue weighted by atomic mass is 9.65. The predicted molar refractivity (Wildman–Crippen MR) is 492 cm³/mol. The number of hydrogen-bond donors (Lipinski definition) is 4. The first kappa shape index (κ1) is 77.4. The summed E-state index contributed by atoms with van der Waals surface area (Å²) in [5, 5.41) is 29.7. The van der Waals surface area contributed by atoms with Gasteiger partial charge in [0.25, 0.3) is 0 Å². The molecule has 1 saturated carbocycles. The van der Waals surface area contributed by atoms with E-state index in [1.165, 1.54) is 148 Å². The number of para-hydroxylation sites is 8. The molecule has 1 aliphatic rings. The monoisotopic (exact) mass is 1650 g/mol. The van der Waals surface area contributed by atoms with Crippen LogP contribution in [0.4, 0.5) is 17.1 Å². The lowest BCUT2D eigenvalue weighted by Crippen LogP contribution is -2.30. The van der Waals surface area contributed by atoms with Crippen molar-refractivity contribution in [2.75, 3.05) is 11.1 Å². The van der Waals surface area contributed by atoms with Gasteiger partial charge in [0, 0.05) is 90.8 Å². The summed E-state index contributed by atoms with van der Waals surface area (Å²) in [6.07, 6.45) is 6.61. The van der Waals surface area contributed by atoms with Gasteiger partial charge in [-0.1, -0.05) is 329 Å². The molecule has 7 nitrogen and oxygen atoms in total. The third-order valence-electron chi connectivity index (χ3n) is 20.9. The smallest absolute Gasteiger partial charge is 0.423 e. The van der Waals surface area contributed by atoms with Gasteiger partial charge >= 0.3 is 7.12 Å². The maximum absolute atomic E-state index is 8.63. The minimum Gasteiger partial charge on any atom is -0.423 e. The maximum atomic E-state index is 8.63. The van der Waals surface area contributed by atoms with E-state index in [4.69, 9.17) is 39.0 Å². The van der Waals surface area contributed by atoms with Gasteiger partial charge in [-0.25, -0.2) is 0 Å². The van der Waals surface area contributed by atoms with Crippen LogP contribution in [-0.2, 0) is 5.41 Å². The normalized spacial score (nSPS) is 12.1. The van der Waals surface area contributed by atoms with Crippen molar-refractivity contribution in [1.82, 2.24) is 13.7 Å². The average molecular weight is 1650 g/mol. The lowest BCUT2D eigenvalue weighted by Gasteiger charge is -2.38. The molecule has 0 amide bonds. The Bertz CT molecular complexity index is 6350. The summed E-state index contributed by atoms with van der Waals surface area (Å²) in [6, 6.07) is 140. The topological polar surface area (TPSA) is 93.3 Å². The highest BCUT2D eigenvalue weighted by Crippen LogP contribution is 2.46. The number of anilines is 3. The molecular weight excluding hydrogens is 1570 g/mol. The molecule has 0 aliphatic heterocycles. The Hall–Kier alpha value is -12.0. The molecule has 1 fully saturated rings. The minimum absolute atomic E-state index is 0.236. The quantitative estimate of drug-likeness (QED) is 0.0811. The van der Waals surface area contributed by atoms with Crippen LogP contribution in [0.5, 0.6) is 0 Å². The second kappa shape index (κ2) is 36.7. The van der Waals surface area contributed by atoms with E-state index in [1.54, 1.807) is 24.3 Å². The largest absolute Gasteiger partial charge is 0.488 e. The fourth-order valence-electron chi connectivity index (χ4n) is 15.4. The summed E-state index contributed by atoms with van der Waals surface area (Å²) in [5.41, 5.74) is 27.7. The fraction of sp³-hybridized carbons (Fsp3) is 0.0588. The highest BCUT2D eigenvalue weighted by Gasteiger charge is 2.35. The van der Waals surface area contributed by atoms with Gasteiger partial charge in [0.05, 0.1) is 33.1 Å². The molecule has 558 valence electrons. The van der Waals surface area contributed by atoms with Crippen molar-refractivity contribution in [2.24, 2.45) is 0 Å².